The van der Waals surface area contributed by atoms with Gasteiger partial charge in [-0.3, -0.25) is 4.90 Å². The topological polar surface area (TPSA) is 33.7 Å². The Morgan fingerprint density at radius 2 is 1.96 bits per heavy atom. The highest BCUT2D eigenvalue weighted by Crippen LogP contribution is 2.37. The molecule has 0 saturated carbocycles. The molecule has 2 aromatic rings. The van der Waals surface area contributed by atoms with Crippen molar-refractivity contribution in [2.75, 3.05) is 32.8 Å². The van der Waals surface area contributed by atoms with Crippen molar-refractivity contribution in [3.05, 3.63) is 65.5 Å². The number of ether oxygens (including phenoxy) is 2. The lowest BCUT2D eigenvalue weighted by molar-refractivity contribution is -0.0617. The fourth-order valence-electron chi connectivity index (χ4n) is 3.68. The lowest BCUT2D eigenvalue weighted by Gasteiger charge is -2.42. The van der Waals surface area contributed by atoms with Crippen molar-refractivity contribution < 1.29 is 13.9 Å². The standard InChI is InChI=1S/C20H23FN2O2/c21-16-5-3-4-15(12-16)13-24-19-14-25-18-7-2-1-6-17(18)20(19)23-10-8-22-9-11-23/h1-7,12,19-20,22H,8-11,13-14H2/t19-,20-/m1/s1. The Morgan fingerprint density at radius 1 is 1.12 bits per heavy atom. The molecule has 132 valence electrons. The number of hydrogen-bond acceptors (Lipinski definition) is 4. The van der Waals surface area contributed by atoms with Crippen LogP contribution >= 0.6 is 0 Å². The highest BCUT2D eigenvalue weighted by atomic mass is 19.1. The summed E-state index contributed by atoms with van der Waals surface area (Å²) in [6, 6.07) is 14.9. The van der Waals surface area contributed by atoms with Gasteiger partial charge in [0.1, 0.15) is 24.3 Å². The van der Waals surface area contributed by atoms with E-state index in [0.29, 0.717) is 13.2 Å². The summed E-state index contributed by atoms with van der Waals surface area (Å²) in [6.07, 6.45) is -0.0729. The maximum absolute atomic E-state index is 13.4. The van der Waals surface area contributed by atoms with Gasteiger partial charge in [0.05, 0.1) is 12.6 Å². The molecule has 1 fully saturated rings. The molecule has 2 aromatic carbocycles. The number of fused-ring (bicyclic) bond motifs is 1. The van der Waals surface area contributed by atoms with Crippen LogP contribution < -0.4 is 10.1 Å². The summed E-state index contributed by atoms with van der Waals surface area (Å²) in [5, 5.41) is 3.40. The van der Waals surface area contributed by atoms with E-state index < -0.39 is 0 Å². The fraction of sp³-hybridized carbons (Fsp3) is 0.400. The van der Waals surface area contributed by atoms with Gasteiger partial charge in [-0.2, -0.15) is 0 Å². The minimum Gasteiger partial charge on any atom is -0.490 e. The average Bonchev–Trinajstić information content (AvgIpc) is 2.66. The second kappa shape index (κ2) is 7.52. The van der Waals surface area contributed by atoms with Crippen LogP contribution in [0.15, 0.2) is 48.5 Å². The maximum Gasteiger partial charge on any atom is 0.124 e. The molecule has 4 nitrogen and oxygen atoms in total. The minimum atomic E-state index is -0.231. The smallest absolute Gasteiger partial charge is 0.124 e. The predicted molar refractivity (Wildman–Crippen MR) is 94.1 cm³/mol. The molecule has 1 N–H and O–H groups in total. The summed E-state index contributed by atoms with van der Waals surface area (Å²) in [7, 11) is 0. The van der Waals surface area contributed by atoms with Crippen molar-refractivity contribution in [1.29, 1.82) is 0 Å². The number of nitrogens with zero attached hydrogens (tertiary/aromatic N) is 1. The SMILES string of the molecule is Fc1cccc(CO[C@@H]2COc3ccccc3[C@H]2N2CCNCC2)c1. The van der Waals surface area contributed by atoms with Crippen LogP contribution in [-0.4, -0.2) is 43.8 Å². The van der Waals surface area contributed by atoms with Crippen LogP contribution in [0.3, 0.4) is 0 Å². The lowest BCUT2D eigenvalue weighted by atomic mass is 9.95. The van der Waals surface area contributed by atoms with E-state index in [1.54, 1.807) is 6.07 Å². The summed E-state index contributed by atoms with van der Waals surface area (Å²) in [5.41, 5.74) is 2.03. The third kappa shape index (κ3) is 3.68. The molecule has 2 heterocycles. The largest absolute Gasteiger partial charge is 0.490 e. The Bertz CT molecular complexity index is 718. The van der Waals surface area contributed by atoms with Crippen molar-refractivity contribution in [1.82, 2.24) is 10.2 Å². The monoisotopic (exact) mass is 342 g/mol. The van der Waals surface area contributed by atoms with E-state index in [1.165, 1.54) is 17.7 Å². The summed E-state index contributed by atoms with van der Waals surface area (Å²) >= 11 is 0. The molecule has 5 heteroatoms. The van der Waals surface area contributed by atoms with E-state index in [-0.39, 0.29) is 18.0 Å². The third-order valence-corrected chi connectivity index (χ3v) is 4.89. The molecule has 0 aliphatic carbocycles. The van der Waals surface area contributed by atoms with Crippen molar-refractivity contribution in [2.24, 2.45) is 0 Å². The summed E-state index contributed by atoms with van der Waals surface area (Å²) < 4.78 is 25.5. The molecule has 4 rings (SSSR count). The second-order valence-electron chi connectivity index (χ2n) is 6.56. The van der Waals surface area contributed by atoms with Crippen LogP contribution in [0.5, 0.6) is 5.75 Å². The number of rotatable bonds is 4. The normalized spacial score (nSPS) is 23.7. The van der Waals surface area contributed by atoms with Gasteiger partial charge in [-0.1, -0.05) is 30.3 Å². The van der Waals surface area contributed by atoms with Gasteiger partial charge in [0.15, 0.2) is 0 Å². The molecular formula is C20H23FN2O2. The summed E-state index contributed by atoms with van der Waals surface area (Å²) in [4.78, 5) is 2.47. The Balaban J connectivity index is 1.55. The molecule has 0 radical (unpaired) electrons. The number of halogens is 1. The minimum absolute atomic E-state index is 0.0729. The summed E-state index contributed by atoms with van der Waals surface area (Å²) in [6.45, 7) is 4.83. The van der Waals surface area contributed by atoms with E-state index in [4.69, 9.17) is 9.47 Å². The first-order chi connectivity index (χ1) is 12.3. The van der Waals surface area contributed by atoms with Gasteiger partial charge in [-0.15, -0.1) is 0 Å². The fourth-order valence-corrected chi connectivity index (χ4v) is 3.68. The van der Waals surface area contributed by atoms with Crippen molar-refractivity contribution >= 4 is 0 Å². The van der Waals surface area contributed by atoms with Crippen LogP contribution in [0, 0.1) is 5.82 Å². The van der Waals surface area contributed by atoms with Gasteiger partial charge in [-0.25, -0.2) is 4.39 Å². The summed E-state index contributed by atoms with van der Waals surface area (Å²) in [5.74, 6) is 0.710. The molecule has 2 atom stereocenters. The van der Waals surface area contributed by atoms with Gasteiger partial charge < -0.3 is 14.8 Å². The van der Waals surface area contributed by atoms with Gasteiger partial charge in [-0.05, 0) is 23.8 Å². The van der Waals surface area contributed by atoms with E-state index >= 15 is 0 Å². The molecule has 0 spiro atoms. The average molecular weight is 342 g/mol. The van der Waals surface area contributed by atoms with Crippen LogP contribution in [-0.2, 0) is 11.3 Å². The Kier molecular flexibility index (Phi) is 4.97. The lowest BCUT2D eigenvalue weighted by Crippen LogP contribution is -2.51. The first-order valence-corrected chi connectivity index (χ1v) is 8.84. The van der Waals surface area contributed by atoms with E-state index in [0.717, 1.165) is 37.5 Å². The highest BCUT2D eigenvalue weighted by molar-refractivity contribution is 5.38. The van der Waals surface area contributed by atoms with Crippen molar-refractivity contribution in [3.8, 4) is 5.75 Å². The predicted octanol–water partition coefficient (Wildman–Crippen LogP) is 2.75. The van der Waals surface area contributed by atoms with E-state index in [9.17, 15) is 4.39 Å². The molecule has 0 aromatic heterocycles. The Labute approximate surface area is 147 Å². The number of hydrogen-bond donors (Lipinski definition) is 1. The molecule has 2 aliphatic rings. The first kappa shape index (κ1) is 16.5. The van der Waals surface area contributed by atoms with Crippen LogP contribution in [0.2, 0.25) is 0 Å². The zero-order chi connectivity index (χ0) is 17.1. The highest BCUT2D eigenvalue weighted by Gasteiger charge is 2.36. The Morgan fingerprint density at radius 3 is 2.80 bits per heavy atom. The second-order valence-corrected chi connectivity index (χ2v) is 6.56. The molecule has 25 heavy (non-hydrogen) atoms. The number of para-hydroxylation sites is 1. The van der Waals surface area contributed by atoms with Crippen LogP contribution in [0.25, 0.3) is 0 Å². The quantitative estimate of drug-likeness (QED) is 0.926. The maximum atomic E-state index is 13.4. The number of benzene rings is 2. The molecule has 0 bridgehead atoms. The molecule has 0 amide bonds. The molecule has 0 unspecified atom stereocenters. The number of nitrogens with one attached hydrogen (secondary N) is 1. The van der Waals surface area contributed by atoms with Crippen molar-refractivity contribution in [3.63, 3.8) is 0 Å². The Hall–Kier alpha value is -1.95. The van der Waals surface area contributed by atoms with Gasteiger partial charge in [0.2, 0.25) is 0 Å². The number of piperazine rings is 1. The van der Waals surface area contributed by atoms with Gasteiger partial charge in [0.25, 0.3) is 0 Å². The van der Waals surface area contributed by atoms with Crippen molar-refractivity contribution in [2.45, 2.75) is 18.8 Å². The third-order valence-electron chi connectivity index (χ3n) is 4.89. The van der Waals surface area contributed by atoms with Gasteiger partial charge in [0, 0.05) is 31.7 Å². The van der Waals surface area contributed by atoms with Gasteiger partial charge >= 0.3 is 0 Å². The van der Waals surface area contributed by atoms with Crippen LogP contribution in [0.1, 0.15) is 17.2 Å². The van der Waals surface area contributed by atoms with E-state index in [1.807, 2.05) is 24.3 Å². The molecule has 1 saturated heterocycles. The van der Waals surface area contributed by atoms with E-state index in [2.05, 4.69) is 16.3 Å². The molecular weight excluding hydrogens is 319 g/mol. The first-order valence-electron chi connectivity index (χ1n) is 8.84. The zero-order valence-corrected chi connectivity index (χ0v) is 14.2. The zero-order valence-electron chi connectivity index (χ0n) is 14.2. The van der Waals surface area contributed by atoms with Crippen LogP contribution in [0.4, 0.5) is 4.39 Å². The molecule has 2 aliphatic heterocycles.